The van der Waals surface area contributed by atoms with Crippen LogP contribution in [0.4, 0.5) is 5.69 Å². The predicted molar refractivity (Wildman–Crippen MR) is 98.7 cm³/mol. The summed E-state index contributed by atoms with van der Waals surface area (Å²) in [6.07, 6.45) is 1.29. The second kappa shape index (κ2) is 8.96. The third-order valence-electron chi connectivity index (χ3n) is 4.03. The first-order valence-corrected chi connectivity index (χ1v) is 8.30. The summed E-state index contributed by atoms with van der Waals surface area (Å²) in [7, 11) is 1.65. The van der Waals surface area contributed by atoms with E-state index in [0.29, 0.717) is 19.5 Å². The minimum Gasteiger partial charge on any atom is -0.497 e. The van der Waals surface area contributed by atoms with E-state index in [4.69, 9.17) is 4.74 Å². The maximum Gasteiger partial charge on any atom is 0.221 e. The molecule has 0 saturated carbocycles. The fourth-order valence-electron chi connectivity index (χ4n) is 2.62. The van der Waals surface area contributed by atoms with Crippen molar-refractivity contribution in [1.29, 1.82) is 0 Å². The smallest absolute Gasteiger partial charge is 0.221 e. The van der Waals surface area contributed by atoms with Crippen LogP contribution in [0.25, 0.3) is 0 Å². The van der Waals surface area contributed by atoms with Crippen molar-refractivity contribution in [3.63, 3.8) is 0 Å². The first-order chi connectivity index (χ1) is 11.6. The number of carbonyl (C=O) groups is 1. The predicted octanol–water partition coefficient (Wildman–Crippen LogP) is 3.47. The van der Waals surface area contributed by atoms with Gasteiger partial charge in [-0.1, -0.05) is 30.3 Å². The van der Waals surface area contributed by atoms with Crippen molar-refractivity contribution in [2.75, 3.05) is 25.5 Å². The second-order valence-corrected chi connectivity index (χ2v) is 5.89. The summed E-state index contributed by atoms with van der Waals surface area (Å²) >= 11 is 0. The molecule has 2 N–H and O–H groups in total. The monoisotopic (exact) mass is 326 g/mol. The van der Waals surface area contributed by atoms with Crippen molar-refractivity contribution < 1.29 is 9.53 Å². The molecule has 0 spiro atoms. The summed E-state index contributed by atoms with van der Waals surface area (Å²) in [5.74, 6) is 0.919. The van der Waals surface area contributed by atoms with Crippen LogP contribution in [0, 0.1) is 13.8 Å². The maximum atomic E-state index is 11.9. The summed E-state index contributed by atoms with van der Waals surface area (Å²) in [5.41, 5.74) is 4.72. The van der Waals surface area contributed by atoms with E-state index < -0.39 is 0 Å². The number of rotatable bonds is 8. The van der Waals surface area contributed by atoms with E-state index >= 15 is 0 Å². The van der Waals surface area contributed by atoms with Gasteiger partial charge in [-0.15, -0.1) is 0 Å². The van der Waals surface area contributed by atoms with Gasteiger partial charge in [-0.2, -0.15) is 0 Å². The van der Waals surface area contributed by atoms with Gasteiger partial charge in [0.1, 0.15) is 5.75 Å². The van der Waals surface area contributed by atoms with Crippen LogP contribution in [0.3, 0.4) is 0 Å². The Morgan fingerprint density at radius 3 is 2.29 bits per heavy atom. The maximum absolute atomic E-state index is 11.9. The minimum absolute atomic E-state index is 0.0715. The third kappa shape index (κ3) is 5.30. The van der Waals surface area contributed by atoms with E-state index in [1.807, 2.05) is 30.3 Å². The zero-order valence-electron chi connectivity index (χ0n) is 14.7. The SMILES string of the molecule is COc1ccc(CCNC(=O)CCNc2c(C)cccc2C)cc1. The molecule has 24 heavy (non-hydrogen) atoms. The van der Waals surface area contributed by atoms with E-state index in [0.717, 1.165) is 17.9 Å². The van der Waals surface area contributed by atoms with E-state index in [1.165, 1.54) is 16.7 Å². The van der Waals surface area contributed by atoms with Crippen LogP contribution in [-0.2, 0) is 11.2 Å². The number of hydrogen-bond donors (Lipinski definition) is 2. The number of ether oxygens (including phenoxy) is 1. The number of anilines is 1. The molecule has 2 rings (SSSR count). The van der Waals surface area contributed by atoms with Gasteiger partial charge in [0.25, 0.3) is 0 Å². The largest absolute Gasteiger partial charge is 0.497 e. The molecule has 4 nitrogen and oxygen atoms in total. The molecule has 0 saturated heterocycles. The zero-order chi connectivity index (χ0) is 17.4. The van der Waals surface area contributed by atoms with Crippen LogP contribution in [0.2, 0.25) is 0 Å². The number of amides is 1. The second-order valence-electron chi connectivity index (χ2n) is 5.89. The minimum atomic E-state index is 0.0715. The molecule has 0 aliphatic rings. The van der Waals surface area contributed by atoms with E-state index in [1.54, 1.807) is 7.11 Å². The summed E-state index contributed by atoms with van der Waals surface area (Å²) in [4.78, 5) is 11.9. The highest BCUT2D eigenvalue weighted by Gasteiger charge is 2.04. The molecule has 0 fully saturated rings. The summed E-state index contributed by atoms with van der Waals surface area (Å²) in [6.45, 7) is 5.43. The number of nitrogens with one attached hydrogen (secondary N) is 2. The Bertz CT molecular complexity index is 646. The first-order valence-electron chi connectivity index (χ1n) is 8.30. The number of carbonyl (C=O) groups excluding carboxylic acids is 1. The molecule has 1 amide bonds. The van der Waals surface area contributed by atoms with E-state index in [2.05, 4.69) is 36.6 Å². The molecule has 0 heterocycles. The summed E-state index contributed by atoms with van der Waals surface area (Å²) in [5, 5.41) is 6.32. The molecule has 0 aromatic heterocycles. The molecular formula is C20H26N2O2. The third-order valence-corrected chi connectivity index (χ3v) is 4.03. The van der Waals surface area contributed by atoms with Gasteiger partial charge in [-0.25, -0.2) is 0 Å². The van der Waals surface area contributed by atoms with Crippen molar-refractivity contribution in [1.82, 2.24) is 5.32 Å². The van der Waals surface area contributed by atoms with Crippen molar-refractivity contribution in [2.24, 2.45) is 0 Å². The highest BCUT2D eigenvalue weighted by molar-refractivity contribution is 5.76. The van der Waals surface area contributed by atoms with Gasteiger partial charge >= 0.3 is 0 Å². The lowest BCUT2D eigenvalue weighted by molar-refractivity contribution is -0.120. The molecular weight excluding hydrogens is 300 g/mol. The highest BCUT2D eigenvalue weighted by Crippen LogP contribution is 2.19. The normalized spacial score (nSPS) is 10.3. The van der Waals surface area contributed by atoms with Gasteiger partial charge in [-0.05, 0) is 49.1 Å². The summed E-state index contributed by atoms with van der Waals surface area (Å²) < 4.78 is 5.13. The number of hydrogen-bond acceptors (Lipinski definition) is 3. The van der Waals surface area contributed by atoms with Gasteiger partial charge < -0.3 is 15.4 Å². The molecule has 0 bridgehead atoms. The highest BCUT2D eigenvalue weighted by atomic mass is 16.5. The molecule has 0 atom stereocenters. The number of aryl methyl sites for hydroxylation is 2. The van der Waals surface area contributed by atoms with Gasteiger partial charge in [0.05, 0.1) is 7.11 Å². The molecule has 2 aromatic carbocycles. The lowest BCUT2D eigenvalue weighted by atomic mass is 10.1. The molecule has 0 aliphatic heterocycles. The zero-order valence-corrected chi connectivity index (χ0v) is 14.7. The summed E-state index contributed by atoms with van der Waals surface area (Å²) in [6, 6.07) is 14.1. The van der Waals surface area contributed by atoms with Crippen LogP contribution in [-0.4, -0.2) is 26.1 Å². The molecule has 2 aromatic rings. The molecule has 0 aliphatic carbocycles. The average molecular weight is 326 g/mol. The van der Waals surface area contributed by atoms with Crippen LogP contribution in [0.1, 0.15) is 23.1 Å². The van der Waals surface area contributed by atoms with E-state index in [-0.39, 0.29) is 5.91 Å². The molecule has 4 heteroatoms. The molecule has 0 unspecified atom stereocenters. The van der Waals surface area contributed by atoms with Crippen LogP contribution in [0.15, 0.2) is 42.5 Å². The Balaban J connectivity index is 1.68. The Labute approximate surface area is 144 Å². The average Bonchev–Trinajstić information content (AvgIpc) is 2.58. The van der Waals surface area contributed by atoms with Crippen LogP contribution in [0.5, 0.6) is 5.75 Å². The topological polar surface area (TPSA) is 50.4 Å². The first kappa shape index (κ1) is 17.9. The van der Waals surface area contributed by atoms with Crippen molar-refractivity contribution in [3.05, 3.63) is 59.2 Å². The van der Waals surface area contributed by atoms with Crippen molar-refractivity contribution >= 4 is 11.6 Å². The lowest BCUT2D eigenvalue weighted by Gasteiger charge is -2.12. The Kier molecular flexibility index (Phi) is 6.67. The van der Waals surface area contributed by atoms with Gasteiger partial charge in [-0.3, -0.25) is 4.79 Å². The fraction of sp³-hybridized carbons (Fsp3) is 0.350. The quantitative estimate of drug-likeness (QED) is 0.781. The molecule has 0 radical (unpaired) electrons. The van der Waals surface area contributed by atoms with Crippen LogP contribution >= 0.6 is 0 Å². The van der Waals surface area contributed by atoms with Gasteiger partial charge in [0.15, 0.2) is 0 Å². The Morgan fingerprint density at radius 1 is 1.00 bits per heavy atom. The standard InChI is InChI=1S/C20H26N2O2/c1-15-5-4-6-16(2)20(15)22-14-12-19(23)21-13-11-17-7-9-18(24-3)10-8-17/h4-10,22H,11-14H2,1-3H3,(H,21,23). The Morgan fingerprint density at radius 2 is 1.67 bits per heavy atom. The van der Waals surface area contributed by atoms with Crippen molar-refractivity contribution in [3.8, 4) is 5.75 Å². The number of benzene rings is 2. The van der Waals surface area contributed by atoms with E-state index in [9.17, 15) is 4.79 Å². The fourth-order valence-corrected chi connectivity index (χ4v) is 2.62. The van der Waals surface area contributed by atoms with Gasteiger partial charge in [0, 0.05) is 25.2 Å². The van der Waals surface area contributed by atoms with Gasteiger partial charge in [0.2, 0.25) is 5.91 Å². The number of para-hydroxylation sites is 1. The van der Waals surface area contributed by atoms with Crippen molar-refractivity contribution in [2.45, 2.75) is 26.7 Å². The number of methoxy groups -OCH3 is 1. The lowest BCUT2D eigenvalue weighted by Crippen LogP contribution is -2.27. The van der Waals surface area contributed by atoms with Crippen LogP contribution < -0.4 is 15.4 Å². The Hall–Kier alpha value is -2.49. The molecule has 128 valence electrons.